The minimum Gasteiger partial charge on any atom is -0.481 e. The van der Waals surface area contributed by atoms with Crippen molar-refractivity contribution in [1.29, 1.82) is 0 Å². The summed E-state index contributed by atoms with van der Waals surface area (Å²) >= 11 is 0. The smallest absolute Gasteiger partial charge is 0.309 e. The number of aliphatic carboxylic acids is 1. The predicted octanol–water partition coefficient (Wildman–Crippen LogP) is 2.28. The Morgan fingerprint density at radius 1 is 1.22 bits per heavy atom. The van der Waals surface area contributed by atoms with E-state index in [2.05, 4.69) is 0 Å². The van der Waals surface area contributed by atoms with Crippen molar-refractivity contribution in [3.8, 4) is 0 Å². The molecule has 102 valence electrons. The van der Waals surface area contributed by atoms with Crippen molar-refractivity contribution in [2.45, 2.75) is 51.9 Å². The number of carbonyl (C=O) groups is 2. The van der Waals surface area contributed by atoms with Crippen molar-refractivity contribution in [1.82, 2.24) is 4.90 Å². The molecule has 18 heavy (non-hydrogen) atoms. The Labute approximate surface area is 108 Å². The largest absolute Gasteiger partial charge is 0.481 e. The number of nitrogens with zero attached hydrogens (tertiary/aromatic N) is 1. The number of hydrogen-bond acceptors (Lipinski definition) is 2. The van der Waals surface area contributed by atoms with Crippen LogP contribution in [0, 0.1) is 11.3 Å². The van der Waals surface area contributed by atoms with E-state index in [1.807, 2.05) is 4.90 Å². The number of carbonyl (C=O) groups excluding carboxylic acids is 1. The molecule has 0 aromatic rings. The maximum atomic E-state index is 12.1. The van der Waals surface area contributed by atoms with E-state index in [1.165, 1.54) is 25.7 Å². The zero-order chi connectivity index (χ0) is 13.2. The van der Waals surface area contributed by atoms with Crippen LogP contribution in [0.3, 0.4) is 0 Å². The van der Waals surface area contributed by atoms with Crippen LogP contribution in [0.4, 0.5) is 0 Å². The molecule has 4 nitrogen and oxygen atoms in total. The summed E-state index contributed by atoms with van der Waals surface area (Å²) in [5.74, 6) is 0.0741. The molecule has 1 amide bonds. The quantitative estimate of drug-likeness (QED) is 0.839. The van der Waals surface area contributed by atoms with E-state index in [4.69, 9.17) is 5.11 Å². The molecule has 1 heterocycles. The molecule has 0 aromatic carbocycles. The molecule has 2 fully saturated rings. The summed E-state index contributed by atoms with van der Waals surface area (Å²) in [6.45, 7) is 3.00. The minimum atomic E-state index is -0.731. The molecule has 1 saturated heterocycles. The lowest BCUT2D eigenvalue weighted by molar-refractivity contribution is -0.153. The summed E-state index contributed by atoms with van der Waals surface area (Å²) in [5.41, 5.74) is -0.635. The van der Waals surface area contributed by atoms with Gasteiger partial charge in [-0.25, -0.2) is 0 Å². The lowest BCUT2D eigenvalue weighted by atomic mass is 9.80. The van der Waals surface area contributed by atoms with Crippen LogP contribution >= 0.6 is 0 Å². The Morgan fingerprint density at radius 2 is 1.78 bits per heavy atom. The van der Waals surface area contributed by atoms with E-state index in [9.17, 15) is 9.59 Å². The van der Waals surface area contributed by atoms with Gasteiger partial charge in [0.05, 0.1) is 5.41 Å². The number of carboxylic acids is 1. The number of likely N-dealkylation sites (tertiary alicyclic amines) is 1. The van der Waals surface area contributed by atoms with Gasteiger partial charge in [0.1, 0.15) is 0 Å². The van der Waals surface area contributed by atoms with Crippen LogP contribution in [0.15, 0.2) is 0 Å². The first-order valence-electron chi connectivity index (χ1n) is 7.02. The van der Waals surface area contributed by atoms with Crippen LogP contribution in [0.2, 0.25) is 0 Å². The fourth-order valence-corrected chi connectivity index (χ4v) is 3.05. The molecule has 0 spiro atoms. The Morgan fingerprint density at radius 3 is 2.28 bits per heavy atom. The van der Waals surface area contributed by atoms with Gasteiger partial charge in [0.2, 0.25) is 5.91 Å². The van der Waals surface area contributed by atoms with Gasteiger partial charge in [0.25, 0.3) is 0 Å². The summed E-state index contributed by atoms with van der Waals surface area (Å²) in [5, 5.41) is 9.15. The average Bonchev–Trinajstić information content (AvgIpc) is 2.82. The van der Waals surface area contributed by atoms with Crippen molar-refractivity contribution in [3.63, 3.8) is 0 Å². The van der Waals surface area contributed by atoms with Crippen LogP contribution in [-0.4, -0.2) is 35.0 Å². The van der Waals surface area contributed by atoms with Gasteiger partial charge in [-0.05, 0) is 38.5 Å². The Hall–Kier alpha value is -1.06. The van der Waals surface area contributed by atoms with Gasteiger partial charge in [-0.2, -0.15) is 0 Å². The highest BCUT2D eigenvalue weighted by molar-refractivity contribution is 5.78. The fourth-order valence-electron chi connectivity index (χ4n) is 3.05. The van der Waals surface area contributed by atoms with Gasteiger partial charge in [0.15, 0.2) is 0 Å². The predicted molar refractivity (Wildman–Crippen MR) is 68.1 cm³/mol. The highest BCUT2D eigenvalue weighted by atomic mass is 16.4. The van der Waals surface area contributed by atoms with E-state index in [0.29, 0.717) is 38.3 Å². The van der Waals surface area contributed by atoms with E-state index in [-0.39, 0.29) is 5.91 Å². The van der Waals surface area contributed by atoms with Crippen molar-refractivity contribution < 1.29 is 14.7 Å². The molecule has 4 heteroatoms. The number of rotatable bonds is 3. The molecule has 2 rings (SSSR count). The first-order valence-corrected chi connectivity index (χ1v) is 7.02. The first kappa shape index (κ1) is 13.4. The van der Waals surface area contributed by atoms with Crippen molar-refractivity contribution in [2.24, 2.45) is 11.3 Å². The molecular formula is C14H23NO3. The highest BCUT2D eigenvalue weighted by Gasteiger charge is 2.38. The van der Waals surface area contributed by atoms with Crippen LogP contribution in [0.1, 0.15) is 51.9 Å². The topological polar surface area (TPSA) is 57.6 Å². The summed E-state index contributed by atoms with van der Waals surface area (Å²) in [4.78, 5) is 25.1. The number of amides is 1. The summed E-state index contributed by atoms with van der Waals surface area (Å²) < 4.78 is 0. The van der Waals surface area contributed by atoms with E-state index in [1.54, 1.807) is 6.92 Å². The highest BCUT2D eigenvalue weighted by Crippen LogP contribution is 2.33. The second-order valence-electron chi connectivity index (χ2n) is 6.10. The monoisotopic (exact) mass is 253 g/mol. The van der Waals surface area contributed by atoms with Gasteiger partial charge < -0.3 is 10.0 Å². The molecule has 0 bridgehead atoms. The number of carboxylic acid groups (broad SMARTS) is 1. The van der Waals surface area contributed by atoms with Gasteiger partial charge in [0, 0.05) is 19.5 Å². The molecule has 0 atom stereocenters. The summed E-state index contributed by atoms with van der Waals surface area (Å²) in [6, 6.07) is 0. The van der Waals surface area contributed by atoms with Gasteiger partial charge in [-0.1, -0.05) is 12.8 Å². The Kier molecular flexibility index (Phi) is 3.93. The molecule has 1 aliphatic carbocycles. The molecular weight excluding hydrogens is 230 g/mol. The van der Waals surface area contributed by atoms with E-state index < -0.39 is 11.4 Å². The molecule has 1 saturated carbocycles. The second-order valence-corrected chi connectivity index (χ2v) is 6.10. The van der Waals surface area contributed by atoms with E-state index in [0.717, 1.165) is 0 Å². The molecule has 0 unspecified atom stereocenters. The zero-order valence-electron chi connectivity index (χ0n) is 11.2. The summed E-state index contributed by atoms with van der Waals surface area (Å²) in [6.07, 6.45) is 6.73. The van der Waals surface area contributed by atoms with Crippen LogP contribution in [0.5, 0.6) is 0 Å². The van der Waals surface area contributed by atoms with Crippen molar-refractivity contribution in [2.75, 3.05) is 13.1 Å². The molecule has 1 N–H and O–H groups in total. The Bertz CT molecular complexity index is 326. The molecule has 2 aliphatic rings. The Balaban J connectivity index is 1.81. The third-order valence-electron chi connectivity index (χ3n) is 4.67. The first-order chi connectivity index (χ1) is 8.51. The summed E-state index contributed by atoms with van der Waals surface area (Å²) in [7, 11) is 0. The van der Waals surface area contributed by atoms with E-state index >= 15 is 0 Å². The third kappa shape index (κ3) is 2.85. The molecule has 1 aliphatic heterocycles. The zero-order valence-corrected chi connectivity index (χ0v) is 11.2. The standard InChI is InChI=1S/C14H23NO3/c1-14(13(17)18)6-8-15(9-7-14)12(16)10-11-4-2-3-5-11/h11H,2-10H2,1H3,(H,17,18). The number of hydrogen-bond donors (Lipinski definition) is 1. The lowest BCUT2D eigenvalue weighted by Gasteiger charge is -2.36. The van der Waals surface area contributed by atoms with Crippen LogP contribution < -0.4 is 0 Å². The maximum absolute atomic E-state index is 12.1. The normalized spacial score (nSPS) is 24.2. The second kappa shape index (κ2) is 5.29. The van der Waals surface area contributed by atoms with Gasteiger partial charge in [-0.3, -0.25) is 9.59 Å². The van der Waals surface area contributed by atoms with Crippen LogP contribution in [0.25, 0.3) is 0 Å². The van der Waals surface area contributed by atoms with Gasteiger partial charge in [-0.15, -0.1) is 0 Å². The molecule has 0 radical (unpaired) electrons. The number of piperidine rings is 1. The van der Waals surface area contributed by atoms with Gasteiger partial charge >= 0.3 is 5.97 Å². The van der Waals surface area contributed by atoms with Crippen molar-refractivity contribution >= 4 is 11.9 Å². The average molecular weight is 253 g/mol. The molecule has 0 aromatic heterocycles. The van der Waals surface area contributed by atoms with Crippen LogP contribution in [-0.2, 0) is 9.59 Å². The SMILES string of the molecule is CC1(C(=O)O)CCN(C(=O)CC2CCCC2)CC1. The third-order valence-corrected chi connectivity index (χ3v) is 4.67. The lowest BCUT2D eigenvalue weighted by Crippen LogP contribution is -2.45. The van der Waals surface area contributed by atoms with Crippen molar-refractivity contribution in [3.05, 3.63) is 0 Å². The maximum Gasteiger partial charge on any atom is 0.309 e. The minimum absolute atomic E-state index is 0.231. The fraction of sp³-hybridized carbons (Fsp3) is 0.857.